The number of hydrogen-bond acceptors (Lipinski definition) is 0. The van der Waals surface area contributed by atoms with Crippen molar-refractivity contribution >= 4 is 5.57 Å². The second kappa shape index (κ2) is 7.50. The van der Waals surface area contributed by atoms with Crippen LogP contribution >= 0.6 is 0 Å². The molecule has 3 rings (SSSR count). The number of rotatable bonds is 5. The van der Waals surface area contributed by atoms with E-state index in [1.807, 2.05) is 0 Å². The quantitative estimate of drug-likeness (QED) is 0.500. The van der Waals surface area contributed by atoms with Crippen molar-refractivity contribution in [3.05, 3.63) is 102 Å². The summed E-state index contributed by atoms with van der Waals surface area (Å²) in [6.07, 6.45) is 1.99. The smallest absolute Gasteiger partial charge is 0.00535 e. The first-order chi connectivity index (χ1) is 12.4. The van der Waals surface area contributed by atoms with Gasteiger partial charge in [-0.3, -0.25) is 0 Å². The molecule has 0 bridgehead atoms. The number of allylic oxidation sites excluding steroid dienone is 3. The average Bonchev–Trinajstić information content (AvgIpc) is 2.60. The number of fused-ring (bicyclic) bond motifs is 1. The molecule has 0 saturated heterocycles. The van der Waals surface area contributed by atoms with Gasteiger partial charge in [0.05, 0.1) is 0 Å². The first kappa shape index (κ1) is 18.5. The summed E-state index contributed by atoms with van der Waals surface area (Å²) in [4.78, 5) is 0. The second-order valence-electron chi connectivity index (χ2n) is 8.02. The van der Waals surface area contributed by atoms with Crippen LogP contribution in [0.3, 0.4) is 0 Å². The van der Waals surface area contributed by atoms with Crippen molar-refractivity contribution in [2.24, 2.45) is 5.92 Å². The summed E-state index contributed by atoms with van der Waals surface area (Å²) in [5, 5.41) is 0. The van der Waals surface area contributed by atoms with Crippen molar-refractivity contribution in [2.75, 3.05) is 0 Å². The average molecular weight is 343 g/mol. The Morgan fingerprint density at radius 3 is 2.31 bits per heavy atom. The summed E-state index contributed by atoms with van der Waals surface area (Å²) >= 11 is 0. The summed E-state index contributed by atoms with van der Waals surface area (Å²) in [7, 11) is 0. The largest absolute Gasteiger partial charge is 0.100 e. The molecule has 0 spiro atoms. The van der Waals surface area contributed by atoms with Crippen LogP contribution in [0.4, 0.5) is 0 Å². The molecule has 0 nitrogen and oxygen atoms in total. The van der Waals surface area contributed by atoms with Gasteiger partial charge < -0.3 is 0 Å². The molecule has 0 aromatic heterocycles. The third-order valence-electron chi connectivity index (χ3n) is 5.81. The lowest BCUT2D eigenvalue weighted by atomic mass is 9.65. The molecule has 0 amide bonds. The normalized spacial score (nSPS) is 20.3. The van der Waals surface area contributed by atoms with Crippen LogP contribution in [0.2, 0.25) is 0 Å². The Kier molecular flexibility index (Phi) is 5.32. The fraction of sp³-hybridized carbons (Fsp3) is 0.308. The van der Waals surface area contributed by atoms with Crippen molar-refractivity contribution in [3.8, 4) is 0 Å². The van der Waals surface area contributed by atoms with E-state index in [2.05, 4.69) is 89.0 Å². The lowest BCUT2D eigenvalue weighted by molar-refractivity contribution is 0.396. The maximum Gasteiger partial charge on any atom is -0.00535 e. The molecular weight excluding hydrogens is 312 g/mol. The highest BCUT2D eigenvalue weighted by Gasteiger charge is 2.35. The van der Waals surface area contributed by atoms with Gasteiger partial charge >= 0.3 is 0 Å². The monoisotopic (exact) mass is 342 g/mol. The third-order valence-corrected chi connectivity index (χ3v) is 5.81. The topological polar surface area (TPSA) is 0 Å². The van der Waals surface area contributed by atoms with Gasteiger partial charge in [-0.25, -0.2) is 0 Å². The van der Waals surface area contributed by atoms with Crippen molar-refractivity contribution < 1.29 is 0 Å². The Bertz CT molecular complexity index is 835. The molecule has 0 heteroatoms. The summed E-state index contributed by atoms with van der Waals surface area (Å²) in [5.41, 5.74) is 9.21. The van der Waals surface area contributed by atoms with Gasteiger partial charge in [0, 0.05) is 0 Å². The van der Waals surface area contributed by atoms with E-state index in [9.17, 15) is 0 Å². The summed E-state index contributed by atoms with van der Waals surface area (Å²) in [5.74, 6) is 1.33. The van der Waals surface area contributed by atoms with E-state index in [1.54, 1.807) is 0 Å². The molecule has 0 fully saturated rings. The van der Waals surface area contributed by atoms with E-state index in [-0.39, 0.29) is 0 Å². The van der Waals surface area contributed by atoms with E-state index in [0.717, 1.165) is 18.4 Å². The molecule has 0 aliphatic heterocycles. The standard InChI is InChI=1S/C26H30/c1-17(2)15-25(22-13-11-21(12-14-22)18(3)4)26-19(5)16-23-9-7-8-10-24(23)20(26)6/h7-14,20,25-26H,1,3,5,15-16H2,2,4,6H3. The molecular formula is C26H30. The first-order valence-electron chi connectivity index (χ1n) is 9.54. The van der Waals surface area contributed by atoms with Gasteiger partial charge in [-0.2, -0.15) is 0 Å². The predicted molar refractivity (Wildman–Crippen MR) is 115 cm³/mol. The van der Waals surface area contributed by atoms with Crippen LogP contribution in [0.25, 0.3) is 5.57 Å². The van der Waals surface area contributed by atoms with Gasteiger partial charge in [0.15, 0.2) is 0 Å². The molecule has 2 aromatic rings. The molecule has 1 aliphatic rings. The highest BCUT2D eigenvalue weighted by atomic mass is 14.4. The zero-order valence-electron chi connectivity index (χ0n) is 16.4. The summed E-state index contributed by atoms with van der Waals surface area (Å²) < 4.78 is 0. The minimum atomic E-state index is 0.419. The van der Waals surface area contributed by atoms with Crippen molar-refractivity contribution in [1.82, 2.24) is 0 Å². The maximum absolute atomic E-state index is 4.50. The van der Waals surface area contributed by atoms with Crippen molar-refractivity contribution in [1.29, 1.82) is 0 Å². The minimum Gasteiger partial charge on any atom is -0.100 e. The Hall–Kier alpha value is -2.34. The zero-order chi connectivity index (χ0) is 18.8. The van der Waals surface area contributed by atoms with Crippen LogP contribution in [0.5, 0.6) is 0 Å². The van der Waals surface area contributed by atoms with Crippen molar-refractivity contribution in [3.63, 3.8) is 0 Å². The number of hydrogen-bond donors (Lipinski definition) is 0. The van der Waals surface area contributed by atoms with Crippen LogP contribution in [0.15, 0.2) is 79.4 Å². The van der Waals surface area contributed by atoms with Gasteiger partial charge in [0.1, 0.15) is 0 Å². The highest BCUT2D eigenvalue weighted by molar-refractivity contribution is 5.61. The predicted octanol–water partition coefficient (Wildman–Crippen LogP) is 7.30. The Labute approximate surface area is 159 Å². The first-order valence-corrected chi connectivity index (χ1v) is 9.54. The van der Waals surface area contributed by atoms with Crippen LogP contribution in [0.1, 0.15) is 61.3 Å². The molecule has 0 N–H and O–H groups in total. The van der Waals surface area contributed by atoms with Gasteiger partial charge in [0.2, 0.25) is 0 Å². The van der Waals surface area contributed by atoms with E-state index < -0.39 is 0 Å². The molecule has 1 aliphatic carbocycles. The fourth-order valence-corrected chi connectivity index (χ4v) is 4.52. The lowest BCUT2D eigenvalue weighted by Crippen LogP contribution is -2.27. The highest BCUT2D eigenvalue weighted by Crippen LogP contribution is 2.47. The van der Waals surface area contributed by atoms with Crippen LogP contribution in [-0.4, -0.2) is 0 Å². The molecule has 134 valence electrons. The summed E-state index contributed by atoms with van der Waals surface area (Å²) in [6.45, 7) is 19.3. The zero-order valence-corrected chi connectivity index (χ0v) is 16.4. The Morgan fingerprint density at radius 1 is 1.04 bits per heavy atom. The van der Waals surface area contributed by atoms with Crippen LogP contribution in [-0.2, 0) is 6.42 Å². The van der Waals surface area contributed by atoms with E-state index in [1.165, 1.54) is 33.4 Å². The maximum atomic E-state index is 4.50. The second-order valence-corrected chi connectivity index (χ2v) is 8.02. The van der Waals surface area contributed by atoms with Gasteiger partial charge in [0.25, 0.3) is 0 Å². The lowest BCUT2D eigenvalue weighted by Gasteiger charge is -2.39. The third kappa shape index (κ3) is 3.60. The summed E-state index contributed by atoms with van der Waals surface area (Å²) in [6, 6.07) is 17.8. The van der Waals surface area contributed by atoms with Crippen molar-refractivity contribution in [2.45, 2.75) is 45.4 Å². The van der Waals surface area contributed by atoms with Crippen LogP contribution < -0.4 is 0 Å². The molecule has 3 unspecified atom stereocenters. The molecule has 26 heavy (non-hydrogen) atoms. The molecule has 3 atom stereocenters. The fourth-order valence-electron chi connectivity index (χ4n) is 4.52. The molecule has 0 heterocycles. The van der Waals surface area contributed by atoms with Gasteiger partial charge in [-0.1, -0.05) is 85.3 Å². The van der Waals surface area contributed by atoms with Gasteiger partial charge in [-0.05, 0) is 66.7 Å². The minimum absolute atomic E-state index is 0.419. The van der Waals surface area contributed by atoms with Gasteiger partial charge in [-0.15, -0.1) is 6.58 Å². The molecule has 0 saturated carbocycles. The number of benzene rings is 2. The Balaban J connectivity index is 2.01. The van der Waals surface area contributed by atoms with E-state index in [4.69, 9.17) is 0 Å². The van der Waals surface area contributed by atoms with E-state index >= 15 is 0 Å². The van der Waals surface area contributed by atoms with E-state index in [0.29, 0.717) is 17.8 Å². The Morgan fingerprint density at radius 2 is 1.69 bits per heavy atom. The SMILES string of the molecule is C=C(C)CC(c1ccc(C(=C)C)cc1)C1C(=C)Cc2ccccc2C1C. The van der Waals surface area contributed by atoms with Crippen LogP contribution in [0, 0.1) is 5.92 Å². The molecule has 2 aromatic carbocycles. The molecule has 0 radical (unpaired) electrons.